The first-order valence-electron chi connectivity index (χ1n) is 7.00. The van der Waals surface area contributed by atoms with Gasteiger partial charge in [-0.3, -0.25) is 9.69 Å². The van der Waals surface area contributed by atoms with Crippen LogP contribution in [0.5, 0.6) is 0 Å². The molecule has 2 aromatic rings. The van der Waals surface area contributed by atoms with E-state index in [0.717, 1.165) is 10.4 Å². The summed E-state index contributed by atoms with van der Waals surface area (Å²) in [5, 5.41) is 10.6. The number of carbonyl (C=O) groups excluding carboxylic acids is 1. The second-order valence-electron chi connectivity index (χ2n) is 4.95. The molecule has 1 aliphatic rings. The minimum atomic E-state index is -0.293. The standard InChI is InChI=1S/C16H14FN3OS2/c1-11-15(21)20(10-12-4-6-13(17)7-5-12)16(23-11)19-18-9-14-3-2-8-22-14/h2-9,11H,10H2,1H3/b18-9-,19-16-/t11-/m1/s1. The zero-order valence-electron chi connectivity index (χ0n) is 12.3. The third-order valence-electron chi connectivity index (χ3n) is 3.25. The fourth-order valence-electron chi connectivity index (χ4n) is 2.08. The minimum Gasteiger partial charge on any atom is -0.284 e. The first kappa shape index (κ1) is 15.9. The molecule has 0 bridgehead atoms. The second kappa shape index (κ2) is 7.06. The number of halogens is 1. The Balaban J connectivity index is 1.77. The van der Waals surface area contributed by atoms with Crippen molar-refractivity contribution in [2.45, 2.75) is 18.7 Å². The first-order valence-corrected chi connectivity index (χ1v) is 8.76. The Bertz CT molecular complexity index is 741. The summed E-state index contributed by atoms with van der Waals surface area (Å²) in [4.78, 5) is 14.9. The number of thiophene rings is 1. The molecule has 0 unspecified atom stereocenters. The molecule has 0 saturated carbocycles. The van der Waals surface area contributed by atoms with Crippen LogP contribution in [0.25, 0.3) is 0 Å². The molecule has 0 radical (unpaired) electrons. The molecule has 1 saturated heterocycles. The normalized spacial score (nSPS) is 20.1. The van der Waals surface area contributed by atoms with Gasteiger partial charge in [0.05, 0.1) is 18.0 Å². The summed E-state index contributed by atoms with van der Waals surface area (Å²) in [6.45, 7) is 2.21. The molecule has 1 atom stereocenters. The van der Waals surface area contributed by atoms with E-state index in [1.807, 2.05) is 24.4 Å². The number of rotatable bonds is 4. The van der Waals surface area contributed by atoms with Gasteiger partial charge < -0.3 is 0 Å². The van der Waals surface area contributed by atoms with E-state index in [1.54, 1.807) is 34.6 Å². The van der Waals surface area contributed by atoms with Crippen molar-refractivity contribution in [1.82, 2.24) is 4.90 Å². The van der Waals surface area contributed by atoms with Gasteiger partial charge in [0.15, 0.2) is 5.17 Å². The van der Waals surface area contributed by atoms with Gasteiger partial charge in [-0.05, 0) is 36.1 Å². The molecule has 23 heavy (non-hydrogen) atoms. The molecule has 1 fully saturated rings. The first-order chi connectivity index (χ1) is 11.1. The molecular formula is C16H14FN3OS2. The third-order valence-corrected chi connectivity index (χ3v) is 5.13. The molecule has 1 aliphatic heterocycles. The van der Waals surface area contributed by atoms with E-state index in [2.05, 4.69) is 10.2 Å². The van der Waals surface area contributed by atoms with Crippen LogP contribution >= 0.6 is 23.1 Å². The highest BCUT2D eigenvalue weighted by Gasteiger charge is 2.35. The van der Waals surface area contributed by atoms with Gasteiger partial charge in [0.25, 0.3) is 0 Å². The van der Waals surface area contributed by atoms with Crippen LogP contribution in [0.3, 0.4) is 0 Å². The number of amidine groups is 1. The van der Waals surface area contributed by atoms with E-state index in [-0.39, 0.29) is 17.0 Å². The summed E-state index contributed by atoms with van der Waals surface area (Å²) in [6, 6.07) is 10.00. The van der Waals surface area contributed by atoms with Gasteiger partial charge in [-0.25, -0.2) is 4.39 Å². The highest BCUT2D eigenvalue weighted by molar-refractivity contribution is 8.15. The van der Waals surface area contributed by atoms with Crippen LogP contribution < -0.4 is 0 Å². The number of hydrogen-bond donors (Lipinski definition) is 0. The zero-order chi connectivity index (χ0) is 16.2. The number of amides is 1. The molecule has 0 N–H and O–H groups in total. The Morgan fingerprint density at radius 3 is 2.78 bits per heavy atom. The Morgan fingerprint density at radius 1 is 1.30 bits per heavy atom. The summed E-state index contributed by atoms with van der Waals surface area (Å²) in [5.41, 5.74) is 0.851. The van der Waals surface area contributed by atoms with E-state index in [0.29, 0.717) is 11.7 Å². The summed E-state index contributed by atoms with van der Waals surface area (Å²) in [5.74, 6) is -0.303. The predicted molar refractivity (Wildman–Crippen MR) is 93.4 cm³/mol. The third kappa shape index (κ3) is 3.86. The van der Waals surface area contributed by atoms with Crippen LogP contribution in [-0.2, 0) is 11.3 Å². The predicted octanol–water partition coefficient (Wildman–Crippen LogP) is 3.74. The lowest BCUT2D eigenvalue weighted by Crippen LogP contribution is -2.30. The van der Waals surface area contributed by atoms with Crippen LogP contribution in [0, 0.1) is 5.82 Å². The maximum absolute atomic E-state index is 13.0. The van der Waals surface area contributed by atoms with Gasteiger partial charge in [0.2, 0.25) is 5.91 Å². The number of carbonyl (C=O) groups is 1. The fourth-order valence-corrected chi connectivity index (χ4v) is 3.58. The molecule has 3 rings (SSSR count). The van der Waals surface area contributed by atoms with Crippen LogP contribution in [0.15, 0.2) is 52.0 Å². The lowest BCUT2D eigenvalue weighted by molar-refractivity contribution is -0.126. The molecule has 0 spiro atoms. The summed E-state index contributed by atoms with van der Waals surface area (Å²) in [7, 11) is 0. The molecule has 1 amide bonds. The highest BCUT2D eigenvalue weighted by atomic mass is 32.2. The fraction of sp³-hybridized carbons (Fsp3) is 0.188. The monoisotopic (exact) mass is 347 g/mol. The average Bonchev–Trinajstić information content (AvgIpc) is 3.14. The highest BCUT2D eigenvalue weighted by Crippen LogP contribution is 2.28. The SMILES string of the molecule is C[C@H]1S/C(=N\N=C/c2cccs2)N(Cc2ccc(F)cc2)C1=O. The Kier molecular flexibility index (Phi) is 4.88. The van der Waals surface area contributed by atoms with Crippen molar-refractivity contribution in [3.8, 4) is 0 Å². The molecule has 2 heterocycles. The number of thioether (sulfide) groups is 1. The zero-order valence-corrected chi connectivity index (χ0v) is 14.0. The molecule has 7 heteroatoms. The molecule has 4 nitrogen and oxygen atoms in total. The van der Waals surface area contributed by atoms with Crippen molar-refractivity contribution in [3.05, 3.63) is 58.0 Å². The maximum atomic E-state index is 13.0. The van der Waals surface area contributed by atoms with Crippen molar-refractivity contribution >= 4 is 40.4 Å². The van der Waals surface area contributed by atoms with Crippen LogP contribution in [0.1, 0.15) is 17.4 Å². The maximum Gasteiger partial charge on any atom is 0.242 e. The van der Waals surface area contributed by atoms with E-state index in [4.69, 9.17) is 0 Å². The average molecular weight is 347 g/mol. The minimum absolute atomic E-state index is 0.00982. The second-order valence-corrected chi connectivity index (χ2v) is 7.24. The largest absolute Gasteiger partial charge is 0.284 e. The quantitative estimate of drug-likeness (QED) is 0.625. The Morgan fingerprint density at radius 2 is 2.09 bits per heavy atom. The summed E-state index contributed by atoms with van der Waals surface area (Å²) < 4.78 is 13.0. The lowest BCUT2D eigenvalue weighted by Gasteiger charge is -2.15. The number of nitrogens with zero attached hydrogens (tertiary/aromatic N) is 3. The Labute approximate surface area is 141 Å². The van der Waals surface area contributed by atoms with Crippen molar-refractivity contribution in [3.63, 3.8) is 0 Å². The van der Waals surface area contributed by atoms with E-state index >= 15 is 0 Å². The molecule has 1 aromatic heterocycles. The lowest BCUT2D eigenvalue weighted by atomic mass is 10.2. The summed E-state index contributed by atoms with van der Waals surface area (Å²) in [6.07, 6.45) is 1.67. The topological polar surface area (TPSA) is 45.0 Å². The summed E-state index contributed by atoms with van der Waals surface area (Å²) >= 11 is 2.95. The van der Waals surface area contributed by atoms with Gasteiger partial charge >= 0.3 is 0 Å². The molecular weight excluding hydrogens is 333 g/mol. The van der Waals surface area contributed by atoms with Crippen LogP contribution in [-0.4, -0.2) is 27.4 Å². The van der Waals surface area contributed by atoms with Crippen LogP contribution in [0.4, 0.5) is 4.39 Å². The van der Waals surface area contributed by atoms with Crippen molar-refractivity contribution in [2.75, 3.05) is 0 Å². The number of benzene rings is 1. The van der Waals surface area contributed by atoms with Crippen molar-refractivity contribution in [1.29, 1.82) is 0 Å². The van der Waals surface area contributed by atoms with E-state index in [9.17, 15) is 9.18 Å². The van der Waals surface area contributed by atoms with Crippen molar-refractivity contribution in [2.24, 2.45) is 10.2 Å². The number of hydrogen-bond acceptors (Lipinski definition) is 5. The van der Waals surface area contributed by atoms with E-state index < -0.39 is 0 Å². The molecule has 1 aromatic carbocycles. The molecule has 118 valence electrons. The molecule has 0 aliphatic carbocycles. The van der Waals surface area contributed by atoms with Gasteiger partial charge in [-0.15, -0.1) is 16.4 Å². The van der Waals surface area contributed by atoms with Crippen LogP contribution in [0.2, 0.25) is 0 Å². The Hall–Kier alpha value is -1.99. The van der Waals surface area contributed by atoms with Gasteiger partial charge in [-0.1, -0.05) is 30.0 Å². The van der Waals surface area contributed by atoms with Crippen molar-refractivity contribution < 1.29 is 9.18 Å². The smallest absolute Gasteiger partial charge is 0.242 e. The van der Waals surface area contributed by atoms with E-state index in [1.165, 1.54) is 23.9 Å². The van der Waals surface area contributed by atoms with Gasteiger partial charge in [0, 0.05) is 4.88 Å². The van der Waals surface area contributed by atoms with Gasteiger partial charge in [0.1, 0.15) is 5.82 Å². The van der Waals surface area contributed by atoms with Gasteiger partial charge in [-0.2, -0.15) is 5.10 Å².